The van der Waals surface area contributed by atoms with Crippen molar-refractivity contribution in [3.8, 4) is 0 Å². The number of rotatable bonds is 5. The van der Waals surface area contributed by atoms with Gasteiger partial charge in [-0.25, -0.2) is 0 Å². The summed E-state index contributed by atoms with van der Waals surface area (Å²) in [5.74, 6) is -1.16. The topological polar surface area (TPSA) is 69.2 Å². The molecule has 1 N–H and O–H groups in total. The molecule has 0 fully saturated rings. The van der Waals surface area contributed by atoms with Gasteiger partial charge in [0, 0.05) is 16.1 Å². The molecule has 2 rings (SSSR count). The highest BCUT2D eigenvalue weighted by Crippen LogP contribution is 2.21. The van der Waals surface area contributed by atoms with Crippen LogP contribution in [0, 0.1) is 13.8 Å². The Morgan fingerprint density at radius 1 is 1.09 bits per heavy atom. The van der Waals surface area contributed by atoms with Crippen LogP contribution in [0.3, 0.4) is 0 Å². The molecule has 0 bridgehead atoms. The number of amides is 1. The van der Waals surface area contributed by atoms with Gasteiger partial charge in [0.05, 0.1) is 11.7 Å². The van der Waals surface area contributed by atoms with Crippen LogP contribution in [-0.2, 0) is 4.79 Å². The molecule has 0 heterocycles. The van der Waals surface area contributed by atoms with E-state index in [1.807, 2.05) is 31.2 Å². The summed E-state index contributed by atoms with van der Waals surface area (Å²) in [6.45, 7) is 3.65. The molecule has 5 heteroatoms. The summed E-state index contributed by atoms with van der Waals surface area (Å²) < 4.78 is 0. The van der Waals surface area contributed by atoms with Gasteiger partial charge >= 0.3 is 0 Å². The predicted molar refractivity (Wildman–Crippen MR) is 86.0 cm³/mol. The zero-order valence-corrected chi connectivity index (χ0v) is 13.2. The summed E-state index contributed by atoms with van der Waals surface area (Å²) in [6.07, 6.45) is 0. The van der Waals surface area contributed by atoms with Crippen molar-refractivity contribution in [1.29, 1.82) is 0 Å². The van der Waals surface area contributed by atoms with Gasteiger partial charge in [0.2, 0.25) is 5.91 Å². The molecule has 0 aliphatic rings. The zero-order chi connectivity index (χ0) is 16.1. The number of carboxylic acid groups (broad SMARTS) is 1. The summed E-state index contributed by atoms with van der Waals surface area (Å²) in [5.41, 5.74) is 2.25. The first kappa shape index (κ1) is 16.1. The Labute approximate surface area is 133 Å². The maximum atomic E-state index is 12.0. The Morgan fingerprint density at radius 3 is 2.41 bits per heavy atom. The van der Waals surface area contributed by atoms with Gasteiger partial charge in [-0.15, -0.1) is 11.8 Å². The number of thioether (sulfide) groups is 1. The van der Waals surface area contributed by atoms with Crippen LogP contribution >= 0.6 is 11.8 Å². The van der Waals surface area contributed by atoms with E-state index in [0.717, 1.165) is 4.90 Å². The number of aryl methyl sites for hydroxylation is 1. The molecule has 114 valence electrons. The first-order valence-corrected chi connectivity index (χ1v) is 7.76. The quantitative estimate of drug-likeness (QED) is 0.860. The van der Waals surface area contributed by atoms with Crippen molar-refractivity contribution in [3.05, 3.63) is 59.2 Å². The van der Waals surface area contributed by atoms with E-state index >= 15 is 0 Å². The van der Waals surface area contributed by atoms with Gasteiger partial charge in [0.15, 0.2) is 0 Å². The van der Waals surface area contributed by atoms with Crippen LogP contribution in [0.2, 0.25) is 0 Å². The van der Waals surface area contributed by atoms with Crippen LogP contribution in [0.25, 0.3) is 0 Å². The summed E-state index contributed by atoms with van der Waals surface area (Å²) in [5, 5.41) is 13.7. The minimum Gasteiger partial charge on any atom is -0.545 e. The molecule has 0 saturated carbocycles. The molecule has 0 saturated heterocycles. The summed E-state index contributed by atoms with van der Waals surface area (Å²) >= 11 is 1.43. The fourth-order valence-corrected chi connectivity index (χ4v) is 2.66. The smallest absolute Gasteiger partial charge is 0.234 e. The van der Waals surface area contributed by atoms with Crippen molar-refractivity contribution in [2.45, 2.75) is 18.7 Å². The first-order chi connectivity index (χ1) is 10.5. The van der Waals surface area contributed by atoms with E-state index in [1.54, 1.807) is 19.1 Å². The molecule has 0 unspecified atom stereocenters. The van der Waals surface area contributed by atoms with Gasteiger partial charge in [-0.2, -0.15) is 0 Å². The maximum Gasteiger partial charge on any atom is 0.234 e. The summed E-state index contributed by atoms with van der Waals surface area (Å²) in [4.78, 5) is 24.0. The Balaban J connectivity index is 1.99. The normalized spacial score (nSPS) is 10.3. The lowest BCUT2D eigenvalue weighted by Crippen LogP contribution is -2.24. The van der Waals surface area contributed by atoms with E-state index in [9.17, 15) is 14.7 Å². The van der Waals surface area contributed by atoms with Gasteiger partial charge < -0.3 is 15.2 Å². The molecule has 2 aromatic rings. The van der Waals surface area contributed by atoms with Gasteiger partial charge in [-0.05, 0) is 37.6 Å². The number of hydrogen-bond donors (Lipinski definition) is 1. The predicted octanol–water partition coefficient (Wildman–Crippen LogP) is 2.40. The third-order valence-corrected chi connectivity index (χ3v) is 4.23. The van der Waals surface area contributed by atoms with Crippen LogP contribution in [0.15, 0.2) is 47.4 Å². The summed E-state index contributed by atoms with van der Waals surface area (Å²) in [6, 6.07) is 12.6. The summed E-state index contributed by atoms with van der Waals surface area (Å²) in [7, 11) is 0. The highest BCUT2D eigenvalue weighted by atomic mass is 32.2. The monoisotopic (exact) mass is 314 g/mol. The van der Waals surface area contributed by atoms with Crippen molar-refractivity contribution in [2.75, 3.05) is 11.1 Å². The number of carbonyl (C=O) groups is 2. The van der Waals surface area contributed by atoms with Crippen molar-refractivity contribution < 1.29 is 14.7 Å². The molecule has 0 aliphatic carbocycles. The zero-order valence-electron chi connectivity index (χ0n) is 12.4. The van der Waals surface area contributed by atoms with E-state index in [4.69, 9.17) is 0 Å². The molecule has 0 aromatic heterocycles. The number of benzene rings is 2. The Kier molecular flexibility index (Phi) is 5.22. The average Bonchev–Trinajstić information content (AvgIpc) is 2.48. The SMILES string of the molecule is Cc1ccc(SCC(=O)Nc2cccc(C(=O)[O-])c2C)cc1. The number of anilines is 1. The molecule has 0 aliphatic heterocycles. The Hall–Kier alpha value is -2.27. The third-order valence-electron chi connectivity index (χ3n) is 3.22. The van der Waals surface area contributed by atoms with Crippen LogP contribution in [0.1, 0.15) is 21.5 Å². The van der Waals surface area contributed by atoms with Gasteiger partial charge in [-0.1, -0.05) is 29.8 Å². The molecule has 22 heavy (non-hydrogen) atoms. The highest BCUT2D eigenvalue weighted by Gasteiger charge is 2.08. The first-order valence-electron chi connectivity index (χ1n) is 6.77. The molecule has 0 atom stereocenters. The van der Waals surface area contributed by atoms with Gasteiger partial charge in [0.1, 0.15) is 0 Å². The Bertz CT molecular complexity index is 696. The lowest BCUT2D eigenvalue weighted by Gasteiger charge is -2.13. The third kappa shape index (κ3) is 4.11. The second-order valence-corrected chi connectivity index (χ2v) is 5.96. The van der Waals surface area contributed by atoms with Crippen molar-refractivity contribution in [3.63, 3.8) is 0 Å². The second kappa shape index (κ2) is 7.13. The minimum atomic E-state index is -1.25. The fraction of sp³-hybridized carbons (Fsp3) is 0.176. The second-order valence-electron chi connectivity index (χ2n) is 4.92. The van der Waals surface area contributed by atoms with E-state index in [-0.39, 0.29) is 17.2 Å². The van der Waals surface area contributed by atoms with Crippen LogP contribution in [0.4, 0.5) is 5.69 Å². The molecule has 2 aromatic carbocycles. The number of hydrogen-bond acceptors (Lipinski definition) is 4. The van der Waals surface area contributed by atoms with E-state index in [0.29, 0.717) is 11.3 Å². The van der Waals surface area contributed by atoms with Gasteiger partial charge in [-0.3, -0.25) is 4.79 Å². The minimum absolute atomic E-state index is 0.0870. The number of nitrogens with one attached hydrogen (secondary N) is 1. The standard InChI is InChI=1S/C17H17NO3S/c1-11-6-8-13(9-7-11)22-10-16(19)18-15-5-3-4-14(12(15)2)17(20)21/h3-9H,10H2,1-2H3,(H,18,19)(H,20,21)/p-1. The molecule has 0 radical (unpaired) electrons. The largest absolute Gasteiger partial charge is 0.545 e. The molecule has 0 spiro atoms. The molecular formula is C17H16NO3S-. The van der Waals surface area contributed by atoms with Crippen LogP contribution in [0.5, 0.6) is 0 Å². The van der Waals surface area contributed by atoms with E-state index < -0.39 is 5.97 Å². The lowest BCUT2D eigenvalue weighted by atomic mass is 10.1. The van der Waals surface area contributed by atoms with Crippen molar-refractivity contribution >= 4 is 29.3 Å². The fourth-order valence-electron chi connectivity index (χ4n) is 1.96. The average molecular weight is 314 g/mol. The maximum absolute atomic E-state index is 12.0. The highest BCUT2D eigenvalue weighted by molar-refractivity contribution is 8.00. The van der Waals surface area contributed by atoms with E-state index in [1.165, 1.54) is 23.4 Å². The molecular weight excluding hydrogens is 298 g/mol. The lowest BCUT2D eigenvalue weighted by molar-refractivity contribution is -0.255. The number of aromatic carboxylic acids is 1. The van der Waals surface area contributed by atoms with Crippen molar-refractivity contribution in [2.24, 2.45) is 0 Å². The van der Waals surface area contributed by atoms with Crippen LogP contribution in [-0.4, -0.2) is 17.6 Å². The molecule has 4 nitrogen and oxygen atoms in total. The van der Waals surface area contributed by atoms with Gasteiger partial charge in [0.25, 0.3) is 0 Å². The number of carbonyl (C=O) groups excluding carboxylic acids is 2. The number of carboxylic acids is 1. The van der Waals surface area contributed by atoms with Crippen molar-refractivity contribution in [1.82, 2.24) is 0 Å². The molecule has 1 amide bonds. The van der Waals surface area contributed by atoms with E-state index in [2.05, 4.69) is 5.32 Å². The van der Waals surface area contributed by atoms with Crippen LogP contribution < -0.4 is 10.4 Å². The Morgan fingerprint density at radius 2 is 1.77 bits per heavy atom.